The fraction of sp³-hybridized carbons (Fsp3) is 0.778. The summed E-state index contributed by atoms with van der Waals surface area (Å²) in [4.78, 5) is 11.2. The molecule has 1 radical (unpaired) electrons. The number of nitrogens with one attached hydrogen (secondary N) is 1. The Bertz CT molecular complexity index is 168. The van der Waals surface area contributed by atoms with Crippen molar-refractivity contribution in [2.45, 2.75) is 26.4 Å². The first-order valence-electron chi connectivity index (χ1n) is 4.31. The van der Waals surface area contributed by atoms with E-state index in [0.29, 0.717) is 13.0 Å². The molecule has 0 bridgehead atoms. The summed E-state index contributed by atoms with van der Waals surface area (Å²) in [5.41, 5.74) is -0.800. The zero-order chi connectivity index (χ0) is 10.5. The number of aliphatic hydroxyl groups is 2. The Morgan fingerprint density at radius 1 is 1.62 bits per heavy atom. The zero-order valence-electron chi connectivity index (χ0n) is 8.21. The van der Waals surface area contributed by atoms with E-state index in [1.807, 2.05) is 0 Å². The minimum absolute atomic E-state index is 0.230. The number of aliphatic hydroxyl groups excluding tert-OH is 2. The summed E-state index contributed by atoms with van der Waals surface area (Å²) in [6.45, 7) is 7.02. The van der Waals surface area contributed by atoms with Gasteiger partial charge in [0.05, 0.1) is 6.61 Å². The molecule has 4 nitrogen and oxygen atoms in total. The number of hydrogen-bond donors (Lipinski definition) is 3. The van der Waals surface area contributed by atoms with Gasteiger partial charge in [0.15, 0.2) is 0 Å². The van der Waals surface area contributed by atoms with E-state index in [0.717, 1.165) is 0 Å². The Morgan fingerprint density at radius 3 is 2.54 bits per heavy atom. The fourth-order valence-electron chi connectivity index (χ4n) is 0.750. The lowest BCUT2D eigenvalue weighted by Crippen LogP contribution is -2.45. The molecule has 13 heavy (non-hydrogen) atoms. The van der Waals surface area contributed by atoms with Crippen molar-refractivity contribution < 1.29 is 15.0 Å². The molecule has 0 saturated carbocycles. The highest BCUT2D eigenvalue weighted by molar-refractivity contribution is 5.81. The molecule has 0 rings (SSSR count). The van der Waals surface area contributed by atoms with Crippen molar-refractivity contribution >= 4 is 5.91 Å². The van der Waals surface area contributed by atoms with Gasteiger partial charge >= 0.3 is 0 Å². The summed E-state index contributed by atoms with van der Waals surface area (Å²) in [5, 5.41) is 20.9. The van der Waals surface area contributed by atoms with Gasteiger partial charge in [0, 0.05) is 12.0 Å². The molecule has 0 aliphatic rings. The Kier molecular flexibility index (Phi) is 4.95. The van der Waals surface area contributed by atoms with Gasteiger partial charge in [0.2, 0.25) is 5.91 Å². The third-order valence-electron chi connectivity index (χ3n) is 1.87. The molecule has 0 aromatic rings. The molecule has 0 spiro atoms. The molecule has 4 heteroatoms. The molecule has 0 saturated heterocycles. The average molecular weight is 188 g/mol. The van der Waals surface area contributed by atoms with Crippen LogP contribution in [0, 0.1) is 12.3 Å². The molecule has 0 aliphatic carbocycles. The van der Waals surface area contributed by atoms with E-state index in [1.54, 1.807) is 13.8 Å². The predicted molar refractivity (Wildman–Crippen MR) is 49.9 cm³/mol. The van der Waals surface area contributed by atoms with E-state index >= 15 is 0 Å². The van der Waals surface area contributed by atoms with Crippen molar-refractivity contribution in [1.82, 2.24) is 5.32 Å². The monoisotopic (exact) mass is 188 g/mol. The molecular weight excluding hydrogens is 170 g/mol. The van der Waals surface area contributed by atoms with Gasteiger partial charge in [0.25, 0.3) is 0 Å². The third kappa shape index (κ3) is 3.74. The molecule has 3 N–H and O–H groups in total. The van der Waals surface area contributed by atoms with Crippen LogP contribution in [0.2, 0.25) is 0 Å². The van der Waals surface area contributed by atoms with Crippen LogP contribution in [0.4, 0.5) is 0 Å². The van der Waals surface area contributed by atoms with Gasteiger partial charge in [-0.15, -0.1) is 0 Å². The van der Waals surface area contributed by atoms with Crippen molar-refractivity contribution in [2.24, 2.45) is 5.41 Å². The summed E-state index contributed by atoms with van der Waals surface area (Å²) in [6.07, 6.45) is -0.595. The van der Waals surface area contributed by atoms with Crippen LogP contribution in [0.25, 0.3) is 0 Å². The molecule has 0 aliphatic heterocycles. The highest BCUT2D eigenvalue weighted by atomic mass is 16.3. The summed E-state index contributed by atoms with van der Waals surface area (Å²) < 4.78 is 0. The number of amides is 1. The van der Waals surface area contributed by atoms with Crippen molar-refractivity contribution in [3.8, 4) is 0 Å². The lowest BCUT2D eigenvalue weighted by Gasteiger charge is -2.26. The van der Waals surface area contributed by atoms with Gasteiger partial charge in [-0.25, -0.2) is 0 Å². The maximum Gasteiger partial charge on any atom is 0.249 e. The van der Waals surface area contributed by atoms with E-state index in [2.05, 4.69) is 12.2 Å². The fourth-order valence-corrected chi connectivity index (χ4v) is 0.750. The summed E-state index contributed by atoms with van der Waals surface area (Å²) >= 11 is 0. The van der Waals surface area contributed by atoms with Crippen LogP contribution in [0.3, 0.4) is 0 Å². The molecule has 1 atom stereocenters. The van der Waals surface area contributed by atoms with Crippen LogP contribution >= 0.6 is 0 Å². The Balaban J connectivity index is 4.09. The largest absolute Gasteiger partial charge is 0.396 e. The van der Waals surface area contributed by atoms with Crippen LogP contribution in [0.15, 0.2) is 0 Å². The van der Waals surface area contributed by atoms with Gasteiger partial charge in [-0.1, -0.05) is 20.8 Å². The predicted octanol–water partition coefficient (Wildman–Crippen LogP) is -0.294. The average Bonchev–Trinajstić information content (AvgIpc) is 2.12. The molecule has 0 fully saturated rings. The first-order valence-corrected chi connectivity index (χ1v) is 4.31. The molecule has 0 unspecified atom stereocenters. The normalized spacial score (nSPS) is 13.9. The molecule has 0 heterocycles. The summed E-state index contributed by atoms with van der Waals surface area (Å²) in [7, 11) is 0. The van der Waals surface area contributed by atoms with Crippen molar-refractivity contribution in [1.29, 1.82) is 0 Å². The van der Waals surface area contributed by atoms with Gasteiger partial charge in [-0.3, -0.25) is 4.79 Å². The van der Waals surface area contributed by atoms with E-state index in [1.165, 1.54) is 0 Å². The maximum absolute atomic E-state index is 11.2. The molecule has 1 amide bonds. The molecular formula is C9H18NO3. The second-order valence-electron chi connectivity index (χ2n) is 3.69. The van der Waals surface area contributed by atoms with Gasteiger partial charge in [-0.2, -0.15) is 0 Å². The van der Waals surface area contributed by atoms with Crippen molar-refractivity contribution in [2.75, 3.05) is 13.2 Å². The van der Waals surface area contributed by atoms with Crippen LogP contribution in [0.1, 0.15) is 20.3 Å². The second kappa shape index (κ2) is 5.19. The number of carbonyl (C=O) groups excluding carboxylic acids is 1. The minimum Gasteiger partial charge on any atom is -0.396 e. The third-order valence-corrected chi connectivity index (χ3v) is 1.87. The van der Waals surface area contributed by atoms with Crippen LogP contribution in [-0.2, 0) is 4.79 Å². The van der Waals surface area contributed by atoms with Crippen LogP contribution < -0.4 is 5.32 Å². The smallest absolute Gasteiger partial charge is 0.249 e. The number of rotatable bonds is 5. The first-order chi connectivity index (χ1) is 5.95. The van der Waals surface area contributed by atoms with E-state index in [4.69, 9.17) is 5.11 Å². The quantitative estimate of drug-likeness (QED) is 0.555. The SMILES string of the molecule is [CH2]CCNC(=O)[C@H](O)C(C)(C)CO. The summed E-state index contributed by atoms with van der Waals surface area (Å²) in [5.74, 6) is -0.456. The van der Waals surface area contributed by atoms with Gasteiger partial charge in [-0.05, 0) is 6.42 Å². The minimum atomic E-state index is -1.18. The number of hydrogen-bond acceptors (Lipinski definition) is 3. The Morgan fingerprint density at radius 2 is 2.15 bits per heavy atom. The van der Waals surface area contributed by atoms with Crippen molar-refractivity contribution in [3.05, 3.63) is 6.92 Å². The van der Waals surface area contributed by atoms with Crippen molar-refractivity contribution in [3.63, 3.8) is 0 Å². The molecule has 0 aromatic heterocycles. The molecule has 0 aromatic carbocycles. The Labute approximate surface area is 79.0 Å². The van der Waals surface area contributed by atoms with E-state index < -0.39 is 17.4 Å². The van der Waals surface area contributed by atoms with Gasteiger partial charge < -0.3 is 15.5 Å². The van der Waals surface area contributed by atoms with Crippen LogP contribution in [0.5, 0.6) is 0 Å². The number of carbonyl (C=O) groups is 1. The highest BCUT2D eigenvalue weighted by Crippen LogP contribution is 2.19. The topological polar surface area (TPSA) is 69.6 Å². The van der Waals surface area contributed by atoms with Gasteiger partial charge in [0.1, 0.15) is 6.10 Å². The zero-order valence-corrected chi connectivity index (χ0v) is 8.21. The van der Waals surface area contributed by atoms with Crippen LogP contribution in [-0.4, -0.2) is 35.4 Å². The maximum atomic E-state index is 11.2. The standard InChI is InChI=1S/C9H18NO3/c1-4-5-10-8(13)7(12)9(2,3)6-11/h7,11-12H,1,4-6H2,2-3H3,(H,10,13)/t7-/m0/s1. The van der Waals surface area contributed by atoms with E-state index in [-0.39, 0.29) is 6.61 Å². The Hall–Kier alpha value is -0.610. The first kappa shape index (κ1) is 12.4. The van der Waals surface area contributed by atoms with E-state index in [9.17, 15) is 9.90 Å². The molecule has 77 valence electrons. The lowest BCUT2D eigenvalue weighted by molar-refractivity contribution is -0.137. The summed E-state index contributed by atoms with van der Waals surface area (Å²) in [6, 6.07) is 0. The second-order valence-corrected chi connectivity index (χ2v) is 3.69. The highest BCUT2D eigenvalue weighted by Gasteiger charge is 2.32. The lowest BCUT2D eigenvalue weighted by atomic mass is 9.87.